The monoisotopic (exact) mass is 397 g/mol. The number of carbonyl (C=O) groups is 1. The average Bonchev–Trinajstić information content (AvgIpc) is 2.64. The molecule has 0 fully saturated rings. The quantitative estimate of drug-likeness (QED) is 0.689. The first-order valence-corrected chi connectivity index (χ1v) is 8.57. The third kappa shape index (κ3) is 6.45. The summed E-state index contributed by atoms with van der Waals surface area (Å²) in [6.07, 6.45) is -5.27. The number of para-hydroxylation sites is 1. The lowest BCUT2D eigenvalue weighted by molar-refractivity contribution is -0.142. The predicted molar refractivity (Wildman–Crippen MR) is 98.1 cm³/mol. The summed E-state index contributed by atoms with van der Waals surface area (Å²) in [6, 6.07) is 11.7. The molecule has 0 amide bonds. The molecule has 0 aliphatic rings. The van der Waals surface area contributed by atoms with Crippen molar-refractivity contribution in [1.29, 1.82) is 0 Å². The van der Waals surface area contributed by atoms with Gasteiger partial charge in [-0.25, -0.2) is 0 Å². The van der Waals surface area contributed by atoms with Gasteiger partial charge in [-0.15, -0.1) is 0 Å². The van der Waals surface area contributed by atoms with Crippen LogP contribution in [-0.2, 0) is 22.3 Å². The van der Waals surface area contributed by atoms with Crippen molar-refractivity contribution in [2.45, 2.75) is 25.8 Å². The third-order valence-corrected chi connectivity index (χ3v) is 3.95. The second-order valence-electron chi connectivity index (χ2n) is 6.28. The molecule has 0 spiro atoms. The van der Waals surface area contributed by atoms with E-state index < -0.39 is 23.8 Å². The minimum atomic E-state index is -4.38. The number of rotatable bonds is 8. The van der Waals surface area contributed by atoms with Gasteiger partial charge in [-0.1, -0.05) is 18.2 Å². The zero-order valence-corrected chi connectivity index (χ0v) is 15.6. The van der Waals surface area contributed by atoms with E-state index in [0.717, 1.165) is 12.1 Å². The predicted octanol–water partition coefficient (Wildman–Crippen LogP) is 3.64. The Balaban J connectivity index is 1.90. The number of halogens is 3. The number of hydrogen-bond acceptors (Lipinski definition) is 5. The number of aliphatic hydroxyl groups is 1. The Morgan fingerprint density at radius 3 is 2.39 bits per heavy atom. The number of anilines is 1. The van der Waals surface area contributed by atoms with Crippen LogP contribution in [0.3, 0.4) is 0 Å². The number of aliphatic hydroxyl groups excluding tert-OH is 1. The second kappa shape index (κ2) is 9.45. The summed E-state index contributed by atoms with van der Waals surface area (Å²) in [4.78, 5) is 12.6. The molecule has 152 valence electrons. The van der Waals surface area contributed by atoms with Gasteiger partial charge in [0, 0.05) is 31.8 Å². The molecule has 28 heavy (non-hydrogen) atoms. The summed E-state index contributed by atoms with van der Waals surface area (Å²) in [5, 5.41) is 10.2. The lowest BCUT2D eigenvalue weighted by atomic mass is 10.2. The highest BCUT2D eigenvalue weighted by molar-refractivity contribution is 5.66. The third-order valence-electron chi connectivity index (χ3n) is 3.95. The topological polar surface area (TPSA) is 59.0 Å². The van der Waals surface area contributed by atoms with Crippen molar-refractivity contribution >= 4 is 11.7 Å². The molecule has 5 nitrogen and oxygen atoms in total. The Hall–Kier alpha value is -2.74. The van der Waals surface area contributed by atoms with E-state index in [0.29, 0.717) is 17.0 Å². The maximum absolute atomic E-state index is 12.6. The molecule has 2 aromatic rings. The van der Waals surface area contributed by atoms with Gasteiger partial charge in [-0.2, -0.15) is 13.2 Å². The lowest BCUT2D eigenvalue weighted by Crippen LogP contribution is -2.33. The number of alkyl halides is 3. The van der Waals surface area contributed by atoms with Crippen LogP contribution in [-0.4, -0.2) is 37.4 Å². The molecule has 1 unspecified atom stereocenters. The lowest BCUT2D eigenvalue weighted by Gasteiger charge is -2.23. The van der Waals surface area contributed by atoms with Crippen molar-refractivity contribution in [3.63, 3.8) is 0 Å². The number of benzene rings is 2. The summed E-state index contributed by atoms with van der Waals surface area (Å²) < 4.78 is 48.5. The fourth-order valence-electron chi connectivity index (χ4n) is 2.51. The van der Waals surface area contributed by atoms with Gasteiger partial charge in [-0.3, -0.25) is 4.79 Å². The molecule has 0 heterocycles. The fourth-order valence-corrected chi connectivity index (χ4v) is 2.51. The van der Waals surface area contributed by atoms with E-state index in [2.05, 4.69) is 0 Å². The van der Waals surface area contributed by atoms with Crippen LogP contribution in [0.4, 0.5) is 18.9 Å². The minimum absolute atomic E-state index is 0.0257. The maximum atomic E-state index is 12.6. The molecular formula is C20H22F3NO4. The zero-order valence-electron chi connectivity index (χ0n) is 15.6. The Morgan fingerprint density at radius 2 is 1.79 bits per heavy atom. The van der Waals surface area contributed by atoms with Crippen LogP contribution < -0.4 is 9.64 Å². The highest BCUT2D eigenvalue weighted by atomic mass is 19.4. The van der Waals surface area contributed by atoms with Crippen molar-refractivity contribution in [1.82, 2.24) is 0 Å². The Labute approximate surface area is 161 Å². The largest absolute Gasteiger partial charge is 0.490 e. The normalized spacial score (nSPS) is 12.4. The van der Waals surface area contributed by atoms with E-state index in [1.165, 1.54) is 19.1 Å². The summed E-state index contributed by atoms with van der Waals surface area (Å²) in [6.45, 7) is 1.51. The van der Waals surface area contributed by atoms with Crippen molar-refractivity contribution in [3.05, 3.63) is 59.7 Å². The molecule has 0 radical (unpaired) electrons. The van der Waals surface area contributed by atoms with E-state index in [9.17, 15) is 23.1 Å². The van der Waals surface area contributed by atoms with Crippen LogP contribution >= 0.6 is 0 Å². The van der Waals surface area contributed by atoms with E-state index in [1.54, 1.807) is 36.2 Å². The van der Waals surface area contributed by atoms with Gasteiger partial charge in [0.25, 0.3) is 0 Å². The molecule has 0 bridgehead atoms. The molecule has 0 saturated heterocycles. The SMILES string of the molecule is CC(=O)OCc1ccccc1OCC(O)CN(C)c1ccc(C(F)(F)F)cc1. The standard InChI is InChI=1S/C20H22F3NO4/c1-14(25)27-12-15-5-3-4-6-19(15)28-13-18(26)11-24(2)17-9-7-16(8-10-17)20(21,22)23/h3-10,18,26H,11-13H2,1-2H3. The Morgan fingerprint density at radius 1 is 1.14 bits per heavy atom. The zero-order chi connectivity index (χ0) is 20.7. The van der Waals surface area contributed by atoms with E-state index in [1.807, 2.05) is 0 Å². The van der Waals surface area contributed by atoms with Crippen molar-refractivity contribution in [2.75, 3.05) is 25.1 Å². The first kappa shape index (κ1) is 21.6. The van der Waals surface area contributed by atoms with Gasteiger partial charge in [0.05, 0.1) is 5.56 Å². The minimum Gasteiger partial charge on any atom is -0.490 e. The van der Waals surface area contributed by atoms with Gasteiger partial charge >= 0.3 is 12.1 Å². The number of ether oxygens (including phenoxy) is 2. The second-order valence-corrected chi connectivity index (χ2v) is 6.28. The van der Waals surface area contributed by atoms with Crippen molar-refractivity contribution in [2.24, 2.45) is 0 Å². The van der Waals surface area contributed by atoms with Gasteiger partial charge in [-0.05, 0) is 30.3 Å². The Kier molecular flexibility index (Phi) is 7.28. The van der Waals surface area contributed by atoms with Gasteiger partial charge in [0.2, 0.25) is 0 Å². The highest BCUT2D eigenvalue weighted by Crippen LogP contribution is 2.30. The van der Waals surface area contributed by atoms with Crippen LogP contribution in [0.2, 0.25) is 0 Å². The van der Waals surface area contributed by atoms with Crippen molar-refractivity contribution in [3.8, 4) is 5.75 Å². The molecule has 0 aliphatic heterocycles. The summed E-state index contributed by atoms with van der Waals surface area (Å²) in [7, 11) is 1.67. The summed E-state index contributed by atoms with van der Waals surface area (Å²) in [5.74, 6) is 0.0768. The van der Waals surface area contributed by atoms with E-state index >= 15 is 0 Å². The average molecular weight is 397 g/mol. The first-order valence-electron chi connectivity index (χ1n) is 8.57. The van der Waals surface area contributed by atoms with Crippen LogP contribution in [0.5, 0.6) is 5.75 Å². The molecule has 1 atom stereocenters. The van der Waals surface area contributed by atoms with Gasteiger partial charge < -0.3 is 19.5 Å². The number of nitrogens with zero attached hydrogens (tertiary/aromatic N) is 1. The number of carbonyl (C=O) groups excluding carboxylic acids is 1. The number of hydrogen-bond donors (Lipinski definition) is 1. The van der Waals surface area contributed by atoms with Crippen LogP contribution in [0.25, 0.3) is 0 Å². The number of likely N-dealkylation sites (N-methyl/N-ethyl adjacent to an activating group) is 1. The van der Waals surface area contributed by atoms with Crippen molar-refractivity contribution < 1.29 is 32.5 Å². The first-order chi connectivity index (χ1) is 13.2. The smallest absolute Gasteiger partial charge is 0.416 e. The molecule has 8 heteroatoms. The van der Waals surface area contributed by atoms with Crippen LogP contribution in [0.15, 0.2) is 48.5 Å². The van der Waals surface area contributed by atoms with E-state index in [-0.39, 0.29) is 19.8 Å². The number of esters is 1. The van der Waals surface area contributed by atoms with Gasteiger partial charge in [0.15, 0.2) is 0 Å². The molecule has 1 N–H and O–H groups in total. The van der Waals surface area contributed by atoms with Gasteiger partial charge in [0.1, 0.15) is 25.1 Å². The Bertz CT molecular complexity index is 778. The van der Waals surface area contributed by atoms with Crippen LogP contribution in [0.1, 0.15) is 18.1 Å². The molecule has 2 aromatic carbocycles. The van der Waals surface area contributed by atoms with Crippen LogP contribution in [0, 0.1) is 0 Å². The summed E-state index contributed by atoms with van der Waals surface area (Å²) in [5.41, 5.74) is 0.487. The molecule has 0 saturated carbocycles. The maximum Gasteiger partial charge on any atom is 0.416 e. The molecule has 0 aromatic heterocycles. The molecular weight excluding hydrogens is 375 g/mol. The van der Waals surface area contributed by atoms with E-state index in [4.69, 9.17) is 9.47 Å². The highest BCUT2D eigenvalue weighted by Gasteiger charge is 2.30. The fraction of sp³-hybridized carbons (Fsp3) is 0.350. The molecule has 2 rings (SSSR count). The summed E-state index contributed by atoms with van der Waals surface area (Å²) >= 11 is 0. The molecule has 0 aliphatic carbocycles.